The molecule has 0 radical (unpaired) electrons. The van der Waals surface area contributed by atoms with Crippen molar-refractivity contribution in [3.63, 3.8) is 0 Å². The molecule has 0 unspecified atom stereocenters. The Morgan fingerprint density at radius 2 is 1.76 bits per heavy atom. The van der Waals surface area contributed by atoms with E-state index in [9.17, 15) is 19.4 Å². The van der Waals surface area contributed by atoms with Crippen molar-refractivity contribution in [2.24, 2.45) is 5.10 Å². The van der Waals surface area contributed by atoms with E-state index in [4.69, 9.17) is 5.11 Å². The Morgan fingerprint density at radius 1 is 1.14 bits per heavy atom. The molecule has 0 spiro atoms. The van der Waals surface area contributed by atoms with Crippen LogP contribution in [0.1, 0.15) is 15.9 Å². The molecule has 0 atom stereocenters. The SMILES string of the molecule is O=C(N/N=C/c1ccccc1F)c1cc(O)c(O)c(O)c1. The molecule has 108 valence electrons. The Morgan fingerprint density at radius 3 is 2.38 bits per heavy atom. The van der Waals surface area contributed by atoms with E-state index in [2.05, 4.69) is 10.5 Å². The van der Waals surface area contributed by atoms with E-state index in [1.54, 1.807) is 6.07 Å². The van der Waals surface area contributed by atoms with Crippen LogP contribution in [-0.2, 0) is 0 Å². The minimum atomic E-state index is -0.742. The third-order valence-electron chi connectivity index (χ3n) is 2.61. The summed E-state index contributed by atoms with van der Waals surface area (Å²) in [6.45, 7) is 0. The number of nitrogens with zero attached hydrogens (tertiary/aromatic N) is 1. The lowest BCUT2D eigenvalue weighted by molar-refractivity contribution is 0.0954. The highest BCUT2D eigenvalue weighted by atomic mass is 19.1. The maximum absolute atomic E-state index is 13.3. The van der Waals surface area contributed by atoms with Crippen molar-refractivity contribution in [3.05, 3.63) is 53.3 Å². The predicted octanol–water partition coefficient (Wildman–Crippen LogP) is 1.71. The molecule has 0 heterocycles. The lowest BCUT2D eigenvalue weighted by Crippen LogP contribution is -2.17. The first kappa shape index (κ1) is 14.3. The number of phenolic OH excluding ortho intramolecular Hbond substituents is 3. The number of amides is 1. The van der Waals surface area contributed by atoms with Crippen LogP contribution < -0.4 is 5.43 Å². The third-order valence-corrected chi connectivity index (χ3v) is 2.61. The topological polar surface area (TPSA) is 102 Å². The van der Waals surface area contributed by atoms with Gasteiger partial charge in [0.15, 0.2) is 17.2 Å². The van der Waals surface area contributed by atoms with E-state index in [1.807, 2.05) is 0 Å². The van der Waals surface area contributed by atoms with Gasteiger partial charge in [0.25, 0.3) is 5.91 Å². The number of benzene rings is 2. The number of rotatable bonds is 3. The summed E-state index contributed by atoms with van der Waals surface area (Å²) in [4.78, 5) is 11.7. The van der Waals surface area contributed by atoms with Crippen molar-refractivity contribution >= 4 is 12.1 Å². The van der Waals surface area contributed by atoms with Gasteiger partial charge in [0, 0.05) is 11.1 Å². The van der Waals surface area contributed by atoms with Gasteiger partial charge in [-0.1, -0.05) is 18.2 Å². The van der Waals surface area contributed by atoms with Gasteiger partial charge in [-0.15, -0.1) is 0 Å². The molecule has 2 aromatic rings. The number of nitrogens with one attached hydrogen (secondary N) is 1. The molecule has 0 bridgehead atoms. The number of halogens is 1. The largest absolute Gasteiger partial charge is 0.504 e. The van der Waals surface area contributed by atoms with E-state index >= 15 is 0 Å². The van der Waals surface area contributed by atoms with Crippen LogP contribution in [0.2, 0.25) is 0 Å². The van der Waals surface area contributed by atoms with Crippen LogP contribution in [0.25, 0.3) is 0 Å². The smallest absolute Gasteiger partial charge is 0.271 e. The van der Waals surface area contributed by atoms with Crippen molar-refractivity contribution < 1.29 is 24.5 Å². The lowest BCUT2D eigenvalue weighted by Gasteiger charge is -2.04. The fraction of sp³-hybridized carbons (Fsp3) is 0. The van der Waals surface area contributed by atoms with Crippen LogP contribution >= 0.6 is 0 Å². The highest BCUT2D eigenvalue weighted by Gasteiger charge is 2.12. The van der Waals surface area contributed by atoms with Crippen LogP contribution in [0.5, 0.6) is 17.2 Å². The zero-order valence-corrected chi connectivity index (χ0v) is 10.6. The fourth-order valence-electron chi connectivity index (χ4n) is 1.54. The van der Waals surface area contributed by atoms with Crippen LogP contribution in [0.4, 0.5) is 4.39 Å². The number of aromatic hydroxyl groups is 3. The zero-order valence-electron chi connectivity index (χ0n) is 10.6. The number of hydrogen-bond donors (Lipinski definition) is 4. The molecular formula is C14H11FN2O4. The predicted molar refractivity (Wildman–Crippen MR) is 72.9 cm³/mol. The monoisotopic (exact) mass is 290 g/mol. The molecular weight excluding hydrogens is 279 g/mol. The molecule has 0 fully saturated rings. The second-order valence-corrected chi connectivity index (χ2v) is 4.08. The number of phenols is 3. The Hall–Kier alpha value is -3.09. The second kappa shape index (κ2) is 5.91. The molecule has 0 saturated carbocycles. The summed E-state index contributed by atoms with van der Waals surface area (Å²) in [7, 11) is 0. The van der Waals surface area contributed by atoms with Gasteiger partial charge in [-0.2, -0.15) is 5.10 Å². The molecule has 0 aliphatic heterocycles. The van der Waals surface area contributed by atoms with Gasteiger partial charge in [-0.25, -0.2) is 9.82 Å². The van der Waals surface area contributed by atoms with Crippen LogP contribution in [0.15, 0.2) is 41.5 Å². The first-order chi connectivity index (χ1) is 9.99. The summed E-state index contributed by atoms with van der Waals surface area (Å²) < 4.78 is 13.3. The van der Waals surface area contributed by atoms with E-state index in [1.165, 1.54) is 18.2 Å². The molecule has 7 heteroatoms. The fourth-order valence-corrected chi connectivity index (χ4v) is 1.54. The van der Waals surface area contributed by atoms with E-state index < -0.39 is 29.0 Å². The van der Waals surface area contributed by atoms with E-state index in [0.29, 0.717) is 0 Å². The molecule has 1 amide bonds. The average Bonchev–Trinajstić information content (AvgIpc) is 2.46. The highest BCUT2D eigenvalue weighted by Crippen LogP contribution is 2.35. The Balaban J connectivity index is 2.11. The Bertz CT molecular complexity index is 693. The van der Waals surface area contributed by atoms with Crippen molar-refractivity contribution in [2.75, 3.05) is 0 Å². The number of carbonyl (C=O) groups excluding carboxylic acids is 1. The second-order valence-electron chi connectivity index (χ2n) is 4.08. The Labute approximate surface area is 118 Å². The van der Waals surface area contributed by atoms with E-state index in [-0.39, 0.29) is 11.1 Å². The minimum absolute atomic E-state index is 0.117. The molecule has 0 aliphatic carbocycles. The van der Waals surface area contributed by atoms with Gasteiger partial charge in [0.05, 0.1) is 6.21 Å². The standard InChI is InChI=1S/C14H11FN2O4/c15-10-4-2-1-3-8(10)7-16-17-14(21)9-5-11(18)13(20)12(19)6-9/h1-7,18-20H,(H,17,21)/b16-7+. The van der Waals surface area contributed by atoms with Crippen LogP contribution in [-0.4, -0.2) is 27.4 Å². The van der Waals surface area contributed by atoms with Crippen LogP contribution in [0.3, 0.4) is 0 Å². The molecule has 2 aromatic carbocycles. The number of hydrazone groups is 1. The maximum Gasteiger partial charge on any atom is 0.271 e. The molecule has 2 rings (SSSR count). The van der Waals surface area contributed by atoms with Gasteiger partial charge in [-0.3, -0.25) is 4.79 Å². The lowest BCUT2D eigenvalue weighted by atomic mass is 10.2. The van der Waals surface area contributed by atoms with Crippen molar-refractivity contribution in [1.29, 1.82) is 0 Å². The highest BCUT2D eigenvalue weighted by molar-refractivity contribution is 5.96. The maximum atomic E-state index is 13.3. The average molecular weight is 290 g/mol. The van der Waals surface area contributed by atoms with Crippen molar-refractivity contribution in [1.82, 2.24) is 5.43 Å². The number of carbonyl (C=O) groups is 1. The summed E-state index contributed by atoms with van der Waals surface area (Å²) in [5.41, 5.74) is 2.18. The summed E-state index contributed by atoms with van der Waals surface area (Å²) in [6, 6.07) is 7.78. The van der Waals surface area contributed by atoms with Crippen LogP contribution in [0, 0.1) is 5.82 Å². The molecule has 0 saturated heterocycles. The van der Waals surface area contributed by atoms with Gasteiger partial charge in [-0.05, 0) is 18.2 Å². The first-order valence-electron chi connectivity index (χ1n) is 5.82. The normalized spacial score (nSPS) is 10.7. The summed E-state index contributed by atoms with van der Waals surface area (Å²) in [6.07, 6.45) is 1.12. The van der Waals surface area contributed by atoms with Gasteiger partial charge < -0.3 is 15.3 Å². The molecule has 4 N–H and O–H groups in total. The minimum Gasteiger partial charge on any atom is -0.504 e. The molecule has 0 aromatic heterocycles. The molecule has 21 heavy (non-hydrogen) atoms. The number of hydrogen-bond acceptors (Lipinski definition) is 5. The summed E-state index contributed by atoms with van der Waals surface area (Å²) in [5, 5.41) is 31.3. The van der Waals surface area contributed by atoms with Gasteiger partial charge in [0.2, 0.25) is 0 Å². The van der Waals surface area contributed by atoms with Crippen molar-refractivity contribution in [3.8, 4) is 17.2 Å². The molecule has 6 nitrogen and oxygen atoms in total. The van der Waals surface area contributed by atoms with Gasteiger partial charge in [0.1, 0.15) is 5.82 Å². The van der Waals surface area contributed by atoms with Gasteiger partial charge >= 0.3 is 0 Å². The Kier molecular flexibility index (Phi) is 4.03. The quantitative estimate of drug-likeness (QED) is 0.392. The zero-order chi connectivity index (χ0) is 15.4. The molecule has 0 aliphatic rings. The van der Waals surface area contributed by atoms with E-state index in [0.717, 1.165) is 18.3 Å². The first-order valence-corrected chi connectivity index (χ1v) is 5.82. The summed E-state index contributed by atoms with van der Waals surface area (Å²) >= 11 is 0. The van der Waals surface area contributed by atoms with Crippen molar-refractivity contribution in [2.45, 2.75) is 0 Å². The third kappa shape index (κ3) is 3.27. The summed E-state index contributed by atoms with van der Waals surface area (Å²) in [5.74, 6) is -3.23.